The van der Waals surface area contributed by atoms with Crippen molar-refractivity contribution in [2.24, 2.45) is 0 Å². The summed E-state index contributed by atoms with van der Waals surface area (Å²) in [5, 5.41) is 1.00. The standard InChI is InChI=1S/C15H18N4O/c1-18-8-3-9-19(10-14(18)20)13-6-7-17-15-11(13)4-2-5-12(15)16/h2,4-7H,3,8-10,16H2,1H3. The van der Waals surface area contributed by atoms with E-state index in [9.17, 15) is 4.79 Å². The fourth-order valence-corrected chi connectivity index (χ4v) is 2.65. The number of nitrogen functional groups attached to an aromatic ring is 1. The van der Waals surface area contributed by atoms with Crippen molar-refractivity contribution >= 4 is 28.2 Å². The molecule has 2 aromatic rings. The molecule has 1 fully saturated rings. The van der Waals surface area contributed by atoms with E-state index in [1.165, 1.54) is 0 Å². The highest BCUT2D eigenvalue weighted by molar-refractivity contribution is 5.99. The normalized spacial score (nSPS) is 16.6. The molecule has 2 heterocycles. The molecule has 0 radical (unpaired) electrons. The van der Waals surface area contributed by atoms with Crippen LogP contribution in [0, 0.1) is 0 Å². The number of nitrogens with zero attached hydrogens (tertiary/aromatic N) is 3. The van der Waals surface area contributed by atoms with E-state index in [1.807, 2.05) is 31.3 Å². The van der Waals surface area contributed by atoms with Crippen LogP contribution in [0.3, 0.4) is 0 Å². The van der Waals surface area contributed by atoms with Crippen molar-refractivity contribution in [2.45, 2.75) is 6.42 Å². The van der Waals surface area contributed by atoms with Gasteiger partial charge in [0.15, 0.2) is 0 Å². The highest BCUT2D eigenvalue weighted by atomic mass is 16.2. The first kappa shape index (κ1) is 12.7. The number of nitrogens with two attached hydrogens (primary N) is 1. The third-order valence-corrected chi connectivity index (χ3v) is 3.79. The molecule has 1 saturated heterocycles. The Kier molecular flexibility index (Phi) is 3.18. The minimum atomic E-state index is 0.149. The first-order chi connectivity index (χ1) is 9.66. The molecule has 20 heavy (non-hydrogen) atoms. The summed E-state index contributed by atoms with van der Waals surface area (Å²) < 4.78 is 0. The summed E-state index contributed by atoms with van der Waals surface area (Å²) in [6.07, 6.45) is 2.72. The Hall–Kier alpha value is -2.30. The predicted octanol–water partition coefficient (Wildman–Crippen LogP) is 1.49. The summed E-state index contributed by atoms with van der Waals surface area (Å²) >= 11 is 0. The average molecular weight is 270 g/mol. The van der Waals surface area contributed by atoms with Gasteiger partial charge in [-0.15, -0.1) is 0 Å². The van der Waals surface area contributed by atoms with E-state index in [0.717, 1.165) is 36.1 Å². The number of hydrogen-bond donors (Lipinski definition) is 1. The van der Waals surface area contributed by atoms with Crippen molar-refractivity contribution in [2.75, 3.05) is 37.3 Å². The summed E-state index contributed by atoms with van der Waals surface area (Å²) in [6.45, 7) is 2.08. The van der Waals surface area contributed by atoms with Crippen LogP contribution in [0.5, 0.6) is 0 Å². The summed E-state index contributed by atoms with van der Waals surface area (Å²) in [5.41, 5.74) is 8.48. The van der Waals surface area contributed by atoms with E-state index in [0.29, 0.717) is 12.2 Å². The molecule has 1 aliphatic heterocycles. The van der Waals surface area contributed by atoms with Crippen LogP contribution in [0.25, 0.3) is 10.9 Å². The molecule has 1 amide bonds. The maximum atomic E-state index is 12.0. The molecule has 0 unspecified atom stereocenters. The minimum absolute atomic E-state index is 0.149. The topological polar surface area (TPSA) is 62.5 Å². The molecule has 1 aromatic heterocycles. The second-order valence-electron chi connectivity index (χ2n) is 5.16. The maximum absolute atomic E-state index is 12.0. The summed E-state index contributed by atoms with van der Waals surface area (Å²) in [6, 6.07) is 7.74. The van der Waals surface area contributed by atoms with Gasteiger partial charge in [-0.05, 0) is 18.6 Å². The van der Waals surface area contributed by atoms with Crippen LogP contribution >= 0.6 is 0 Å². The van der Waals surface area contributed by atoms with E-state index in [-0.39, 0.29) is 5.91 Å². The number of likely N-dealkylation sites (N-methyl/N-ethyl adjacent to an activating group) is 1. The third kappa shape index (κ3) is 2.15. The number of fused-ring (bicyclic) bond motifs is 1. The number of hydrogen-bond acceptors (Lipinski definition) is 4. The first-order valence-electron chi connectivity index (χ1n) is 6.79. The van der Waals surface area contributed by atoms with E-state index in [2.05, 4.69) is 9.88 Å². The van der Waals surface area contributed by atoms with Crippen LogP contribution in [0.15, 0.2) is 30.5 Å². The van der Waals surface area contributed by atoms with Gasteiger partial charge in [-0.3, -0.25) is 9.78 Å². The van der Waals surface area contributed by atoms with Crippen molar-refractivity contribution in [1.82, 2.24) is 9.88 Å². The number of aromatic nitrogens is 1. The van der Waals surface area contributed by atoms with Crippen LogP contribution in [0.2, 0.25) is 0 Å². The number of rotatable bonds is 1. The Balaban J connectivity index is 2.05. The molecule has 0 atom stereocenters. The number of amides is 1. The van der Waals surface area contributed by atoms with E-state index in [1.54, 1.807) is 11.1 Å². The Morgan fingerprint density at radius 2 is 2.10 bits per heavy atom. The second-order valence-corrected chi connectivity index (χ2v) is 5.16. The molecule has 2 N–H and O–H groups in total. The van der Waals surface area contributed by atoms with Gasteiger partial charge in [0.1, 0.15) is 0 Å². The molecule has 104 valence electrons. The van der Waals surface area contributed by atoms with Crippen molar-refractivity contribution in [3.8, 4) is 0 Å². The van der Waals surface area contributed by atoms with E-state index >= 15 is 0 Å². The van der Waals surface area contributed by atoms with E-state index < -0.39 is 0 Å². The highest BCUT2D eigenvalue weighted by Crippen LogP contribution is 2.29. The van der Waals surface area contributed by atoms with Gasteiger partial charge in [0.25, 0.3) is 0 Å². The van der Waals surface area contributed by atoms with Crippen molar-refractivity contribution in [1.29, 1.82) is 0 Å². The molecule has 1 aliphatic rings. The second kappa shape index (κ2) is 5.00. The maximum Gasteiger partial charge on any atom is 0.241 e. The molecular weight excluding hydrogens is 252 g/mol. The zero-order valence-electron chi connectivity index (χ0n) is 11.5. The average Bonchev–Trinajstić information content (AvgIpc) is 2.61. The number of benzene rings is 1. The van der Waals surface area contributed by atoms with Gasteiger partial charge < -0.3 is 15.5 Å². The largest absolute Gasteiger partial charge is 0.397 e. The lowest BCUT2D eigenvalue weighted by Crippen LogP contribution is -2.34. The summed E-state index contributed by atoms with van der Waals surface area (Å²) in [7, 11) is 1.86. The zero-order valence-corrected chi connectivity index (χ0v) is 11.5. The summed E-state index contributed by atoms with van der Waals surface area (Å²) in [5.74, 6) is 0.149. The van der Waals surface area contributed by atoms with Crippen LogP contribution in [0.4, 0.5) is 11.4 Å². The molecular formula is C15H18N4O. The summed E-state index contributed by atoms with van der Waals surface area (Å²) in [4.78, 5) is 20.3. The first-order valence-corrected chi connectivity index (χ1v) is 6.79. The van der Waals surface area contributed by atoms with Crippen molar-refractivity contribution < 1.29 is 4.79 Å². The number of pyridine rings is 1. The monoisotopic (exact) mass is 270 g/mol. The Bertz CT molecular complexity index is 655. The number of anilines is 2. The van der Waals surface area contributed by atoms with Gasteiger partial charge in [-0.1, -0.05) is 12.1 Å². The van der Waals surface area contributed by atoms with E-state index in [4.69, 9.17) is 5.73 Å². The smallest absolute Gasteiger partial charge is 0.241 e. The molecule has 0 spiro atoms. The predicted molar refractivity (Wildman–Crippen MR) is 80.6 cm³/mol. The Labute approximate surface area is 118 Å². The molecule has 3 rings (SSSR count). The quantitative estimate of drug-likeness (QED) is 0.797. The molecule has 5 nitrogen and oxygen atoms in total. The van der Waals surface area contributed by atoms with Gasteiger partial charge in [0.2, 0.25) is 5.91 Å². The van der Waals surface area contributed by atoms with Gasteiger partial charge in [-0.25, -0.2) is 0 Å². The van der Waals surface area contributed by atoms with Crippen molar-refractivity contribution in [3.05, 3.63) is 30.5 Å². The zero-order chi connectivity index (χ0) is 14.1. The molecule has 1 aromatic carbocycles. The van der Waals surface area contributed by atoms with Gasteiger partial charge in [0.05, 0.1) is 17.7 Å². The fraction of sp³-hybridized carbons (Fsp3) is 0.333. The van der Waals surface area contributed by atoms with Crippen molar-refractivity contribution in [3.63, 3.8) is 0 Å². The minimum Gasteiger partial charge on any atom is -0.397 e. The van der Waals surface area contributed by atoms with Gasteiger partial charge in [-0.2, -0.15) is 0 Å². The lowest BCUT2D eigenvalue weighted by Gasteiger charge is -2.23. The van der Waals surface area contributed by atoms with Crippen LogP contribution < -0.4 is 10.6 Å². The van der Waals surface area contributed by atoms with Crippen LogP contribution in [-0.4, -0.2) is 42.5 Å². The van der Waals surface area contributed by atoms with Gasteiger partial charge in [0, 0.05) is 37.4 Å². The molecule has 5 heteroatoms. The lowest BCUT2D eigenvalue weighted by atomic mass is 10.1. The number of para-hydroxylation sites is 1. The Morgan fingerprint density at radius 1 is 1.25 bits per heavy atom. The molecule has 0 aliphatic carbocycles. The molecule has 0 bridgehead atoms. The number of carbonyl (C=O) groups excluding carboxylic acids is 1. The van der Waals surface area contributed by atoms with Crippen LogP contribution in [0.1, 0.15) is 6.42 Å². The number of carbonyl (C=O) groups is 1. The van der Waals surface area contributed by atoms with Gasteiger partial charge >= 0.3 is 0 Å². The fourth-order valence-electron chi connectivity index (χ4n) is 2.65. The SMILES string of the molecule is CN1CCCN(c2ccnc3c(N)cccc23)CC1=O. The Morgan fingerprint density at radius 3 is 2.95 bits per heavy atom. The lowest BCUT2D eigenvalue weighted by molar-refractivity contribution is -0.127. The van der Waals surface area contributed by atoms with Crippen LogP contribution in [-0.2, 0) is 4.79 Å². The molecule has 0 saturated carbocycles. The highest BCUT2D eigenvalue weighted by Gasteiger charge is 2.20. The third-order valence-electron chi connectivity index (χ3n) is 3.79.